The lowest BCUT2D eigenvalue weighted by molar-refractivity contribution is -0.105. The normalized spacial score (nSPS) is 25.3. The lowest BCUT2D eigenvalue weighted by atomic mass is 10.1. The van der Waals surface area contributed by atoms with Crippen molar-refractivity contribution in [3.8, 4) is 0 Å². The lowest BCUT2D eigenvalue weighted by Gasteiger charge is -2.39. The summed E-state index contributed by atoms with van der Waals surface area (Å²) in [5, 5.41) is 12.6. The van der Waals surface area contributed by atoms with Gasteiger partial charge in [0.05, 0.1) is 6.10 Å². The number of aliphatic hydroxyl groups is 1. The maximum absolute atomic E-state index is 12.5. The number of nitrogens with one attached hydrogen (secondary N) is 1. The first-order chi connectivity index (χ1) is 11.2. The molecule has 2 amide bonds. The Labute approximate surface area is 136 Å². The Morgan fingerprint density at radius 1 is 1.13 bits per heavy atom. The first-order valence-corrected chi connectivity index (χ1v) is 8.20. The summed E-state index contributed by atoms with van der Waals surface area (Å²) in [6, 6.07) is 7.20. The van der Waals surface area contributed by atoms with Crippen molar-refractivity contribution >= 4 is 18.0 Å². The number of hydrogen-bond acceptors (Lipinski definition) is 4. The van der Waals surface area contributed by atoms with Gasteiger partial charge in [0.1, 0.15) is 0 Å². The van der Waals surface area contributed by atoms with Gasteiger partial charge in [-0.25, -0.2) is 0 Å². The molecule has 0 spiro atoms. The minimum absolute atomic E-state index is 0.0225. The molecule has 1 aromatic rings. The average Bonchev–Trinajstić information content (AvgIpc) is 3.01. The van der Waals surface area contributed by atoms with E-state index in [9.17, 15) is 14.7 Å². The van der Waals surface area contributed by atoms with Crippen molar-refractivity contribution in [3.63, 3.8) is 0 Å². The van der Waals surface area contributed by atoms with Crippen LogP contribution in [0.15, 0.2) is 24.3 Å². The zero-order chi connectivity index (χ0) is 16.2. The molecule has 1 aromatic carbocycles. The second-order valence-electron chi connectivity index (χ2n) is 6.23. The molecular weight excluding hydrogens is 294 g/mol. The molecule has 1 saturated heterocycles. The average molecular weight is 317 g/mol. The van der Waals surface area contributed by atoms with Crippen molar-refractivity contribution in [2.24, 2.45) is 0 Å². The van der Waals surface area contributed by atoms with Crippen molar-refractivity contribution in [1.29, 1.82) is 0 Å². The van der Waals surface area contributed by atoms with Crippen LogP contribution < -0.4 is 5.32 Å². The predicted octanol–water partition coefficient (Wildman–Crippen LogP) is 0.926. The summed E-state index contributed by atoms with van der Waals surface area (Å²) in [5.41, 5.74) is 1.31. The van der Waals surface area contributed by atoms with E-state index in [2.05, 4.69) is 10.2 Å². The maximum atomic E-state index is 12.5. The zero-order valence-electron chi connectivity index (χ0n) is 13.1. The Balaban J connectivity index is 1.56. The van der Waals surface area contributed by atoms with Crippen LogP contribution in [0.5, 0.6) is 0 Å². The number of amides is 2. The molecule has 1 aliphatic heterocycles. The number of rotatable bonds is 4. The second-order valence-corrected chi connectivity index (χ2v) is 6.23. The van der Waals surface area contributed by atoms with Crippen LogP contribution in [0.2, 0.25) is 0 Å². The van der Waals surface area contributed by atoms with E-state index in [0.29, 0.717) is 30.8 Å². The van der Waals surface area contributed by atoms with Crippen LogP contribution in [-0.2, 0) is 4.79 Å². The van der Waals surface area contributed by atoms with Gasteiger partial charge < -0.3 is 15.3 Å². The maximum Gasteiger partial charge on any atom is 0.253 e. The summed E-state index contributed by atoms with van der Waals surface area (Å²) in [4.78, 5) is 27.1. The smallest absolute Gasteiger partial charge is 0.253 e. The highest BCUT2D eigenvalue weighted by molar-refractivity contribution is 5.94. The molecule has 2 N–H and O–H groups in total. The fourth-order valence-electron chi connectivity index (χ4n) is 3.56. The molecule has 0 bridgehead atoms. The Morgan fingerprint density at radius 3 is 2.39 bits per heavy atom. The predicted molar refractivity (Wildman–Crippen MR) is 87.3 cm³/mol. The van der Waals surface area contributed by atoms with Gasteiger partial charge in [-0.2, -0.15) is 0 Å². The van der Waals surface area contributed by atoms with Crippen LogP contribution in [0.4, 0.5) is 5.69 Å². The second kappa shape index (κ2) is 7.10. The molecule has 2 atom stereocenters. The van der Waals surface area contributed by atoms with E-state index in [-0.39, 0.29) is 18.1 Å². The largest absolute Gasteiger partial charge is 0.391 e. The molecule has 6 nitrogen and oxygen atoms in total. The number of benzene rings is 1. The van der Waals surface area contributed by atoms with Gasteiger partial charge in [-0.3, -0.25) is 14.5 Å². The summed E-state index contributed by atoms with van der Waals surface area (Å²) < 4.78 is 0. The van der Waals surface area contributed by atoms with Crippen molar-refractivity contribution < 1.29 is 14.7 Å². The van der Waals surface area contributed by atoms with E-state index >= 15 is 0 Å². The van der Waals surface area contributed by atoms with E-state index in [0.717, 1.165) is 32.4 Å². The van der Waals surface area contributed by atoms with Gasteiger partial charge in [0.2, 0.25) is 6.41 Å². The van der Waals surface area contributed by atoms with Crippen LogP contribution in [-0.4, -0.2) is 65.5 Å². The molecule has 23 heavy (non-hydrogen) atoms. The van der Waals surface area contributed by atoms with Crippen molar-refractivity contribution in [1.82, 2.24) is 9.80 Å². The monoisotopic (exact) mass is 317 g/mol. The van der Waals surface area contributed by atoms with Crippen LogP contribution in [0.3, 0.4) is 0 Å². The van der Waals surface area contributed by atoms with Crippen LogP contribution in [0.25, 0.3) is 0 Å². The minimum atomic E-state index is -0.213. The van der Waals surface area contributed by atoms with E-state index in [1.807, 2.05) is 4.90 Å². The zero-order valence-corrected chi connectivity index (χ0v) is 13.1. The van der Waals surface area contributed by atoms with E-state index in [1.54, 1.807) is 24.3 Å². The first-order valence-electron chi connectivity index (χ1n) is 8.20. The quantitative estimate of drug-likeness (QED) is 0.810. The van der Waals surface area contributed by atoms with Gasteiger partial charge in [-0.15, -0.1) is 0 Å². The Bertz CT molecular complexity index is 553. The minimum Gasteiger partial charge on any atom is -0.391 e. The third-order valence-electron chi connectivity index (χ3n) is 4.87. The first kappa shape index (κ1) is 16.0. The molecule has 0 aromatic heterocycles. The van der Waals surface area contributed by atoms with Gasteiger partial charge >= 0.3 is 0 Å². The third kappa shape index (κ3) is 3.54. The molecule has 1 saturated carbocycles. The lowest BCUT2D eigenvalue weighted by Crippen LogP contribution is -2.53. The molecule has 2 unspecified atom stereocenters. The van der Waals surface area contributed by atoms with E-state index in [4.69, 9.17) is 0 Å². The highest BCUT2D eigenvalue weighted by Gasteiger charge is 2.33. The fraction of sp³-hybridized carbons (Fsp3) is 0.529. The molecule has 2 aliphatic rings. The highest BCUT2D eigenvalue weighted by Crippen LogP contribution is 2.25. The molecule has 2 fully saturated rings. The highest BCUT2D eigenvalue weighted by atomic mass is 16.3. The van der Waals surface area contributed by atoms with Crippen molar-refractivity contribution in [3.05, 3.63) is 29.8 Å². The number of carbonyl (C=O) groups excluding carboxylic acids is 2. The summed E-state index contributed by atoms with van der Waals surface area (Å²) in [7, 11) is 0. The van der Waals surface area contributed by atoms with Gasteiger partial charge in [0, 0.05) is 43.5 Å². The number of carbonyl (C=O) groups is 2. The molecule has 0 radical (unpaired) electrons. The summed E-state index contributed by atoms with van der Waals surface area (Å²) in [6.45, 7) is 3.02. The van der Waals surface area contributed by atoms with Crippen LogP contribution in [0, 0.1) is 0 Å². The number of hydrogen-bond donors (Lipinski definition) is 2. The van der Waals surface area contributed by atoms with Gasteiger partial charge in [0.25, 0.3) is 5.91 Å². The Kier molecular flexibility index (Phi) is 4.93. The number of nitrogens with zero attached hydrogens (tertiary/aromatic N) is 2. The topological polar surface area (TPSA) is 72.9 Å². The van der Waals surface area contributed by atoms with Crippen LogP contribution >= 0.6 is 0 Å². The third-order valence-corrected chi connectivity index (χ3v) is 4.87. The summed E-state index contributed by atoms with van der Waals surface area (Å²) >= 11 is 0. The molecule has 6 heteroatoms. The van der Waals surface area contributed by atoms with Gasteiger partial charge in [-0.05, 0) is 43.5 Å². The number of piperazine rings is 1. The molecular formula is C17H23N3O3. The SMILES string of the molecule is O=CNc1ccc(C(=O)N2CCN(C3CCCC3O)CC2)cc1. The molecule has 1 heterocycles. The number of anilines is 1. The summed E-state index contributed by atoms with van der Waals surface area (Å²) in [5.74, 6) is 0.0225. The van der Waals surface area contributed by atoms with E-state index < -0.39 is 0 Å². The van der Waals surface area contributed by atoms with Gasteiger partial charge in [0.15, 0.2) is 0 Å². The van der Waals surface area contributed by atoms with Crippen molar-refractivity contribution in [2.45, 2.75) is 31.4 Å². The summed E-state index contributed by atoms with van der Waals surface area (Å²) in [6.07, 6.45) is 3.44. The molecule has 124 valence electrons. The van der Waals surface area contributed by atoms with Crippen molar-refractivity contribution in [2.75, 3.05) is 31.5 Å². The Morgan fingerprint density at radius 2 is 1.83 bits per heavy atom. The number of aliphatic hydroxyl groups excluding tert-OH is 1. The molecule has 1 aliphatic carbocycles. The molecule has 3 rings (SSSR count). The standard InChI is InChI=1S/C17H23N3O3/c21-12-18-14-6-4-13(5-7-14)17(23)20-10-8-19(9-11-20)15-2-1-3-16(15)22/h4-7,12,15-16,22H,1-3,8-11H2,(H,18,21). The van der Waals surface area contributed by atoms with Crippen LogP contribution in [0.1, 0.15) is 29.6 Å². The fourth-order valence-corrected chi connectivity index (χ4v) is 3.56. The van der Waals surface area contributed by atoms with E-state index in [1.165, 1.54) is 0 Å². The Hall–Kier alpha value is -1.92. The van der Waals surface area contributed by atoms with Gasteiger partial charge in [-0.1, -0.05) is 0 Å².